The van der Waals surface area contributed by atoms with Crippen LogP contribution < -0.4 is 20.9 Å². The summed E-state index contributed by atoms with van der Waals surface area (Å²) >= 11 is 0. The Labute approximate surface area is 184 Å². The molecule has 0 spiro atoms. The number of rotatable bonds is 4. The van der Waals surface area contributed by atoms with Crippen LogP contribution in [0.5, 0.6) is 34.5 Å². The number of benzene rings is 4. The Morgan fingerprint density at radius 1 is 0.625 bits per heavy atom. The van der Waals surface area contributed by atoms with Crippen LogP contribution in [0.1, 0.15) is 11.1 Å². The van der Waals surface area contributed by atoms with Gasteiger partial charge < -0.3 is 31.2 Å². The van der Waals surface area contributed by atoms with E-state index in [4.69, 9.17) is 33.8 Å². The largest absolute Gasteiger partial charge is 0.506 e. The molecule has 0 heterocycles. The second-order valence-electron chi connectivity index (χ2n) is 6.98. The van der Waals surface area contributed by atoms with Crippen molar-refractivity contribution < 1.29 is 19.7 Å². The number of fused-ring (bicyclic) bond motifs is 1. The van der Waals surface area contributed by atoms with E-state index < -0.39 is 0 Å². The number of phenolic OH excluding ortho intramolecular Hbond substituents is 2. The second kappa shape index (κ2) is 8.06. The Morgan fingerprint density at radius 3 is 1.38 bits per heavy atom. The molecule has 32 heavy (non-hydrogen) atoms. The number of nitrogen functional groups attached to an aromatic ring is 2. The summed E-state index contributed by atoms with van der Waals surface area (Å²) in [5.74, 6) is 6.83. The van der Waals surface area contributed by atoms with E-state index in [0.29, 0.717) is 44.9 Å². The number of ether oxygens (including phenoxy) is 2. The lowest BCUT2D eigenvalue weighted by molar-refractivity contribution is 0.467. The van der Waals surface area contributed by atoms with E-state index in [-0.39, 0.29) is 22.9 Å². The third kappa shape index (κ3) is 3.89. The summed E-state index contributed by atoms with van der Waals surface area (Å²) in [6.45, 7) is 0. The van der Waals surface area contributed by atoms with E-state index in [2.05, 4.69) is 11.8 Å². The van der Waals surface area contributed by atoms with Gasteiger partial charge in [0.25, 0.3) is 0 Å². The summed E-state index contributed by atoms with van der Waals surface area (Å²) in [4.78, 5) is 0. The van der Waals surface area contributed by atoms with Crippen LogP contribution in [-0.2, 0) is 0 Å². The Bertz CT molecular complexity index is 1330. The average Bonchev–Trinajstić information content (AvgIpc) is 2.78. The maximum atomic E-state index is 9.67. The van der Waals surface area contributed by atoms with Gasteiger partial charge in [0, 0.05) is 34.0 Å². The fourth-order valence-electron chi connectivity index (χ4n) is 3.18. The smallest absolute Gasteiger partial charge is 0.138 e. The first-order chi connectivity index (χ1) is 15.4. The lowest BCUT2D eigenvalue weighted by Gasteiger charge is -2.15. The van der Waals surface area contributed by atoms with Gasteiger partial charge in [-0.2, -0.15) is 0 Å². The highest BCUT2D eigenvalue weighted by Gasteiger charge is 2.14. The van der Waals surface area contributed by atoms with E-state index in [1.54, 1.807) is 36.4 Å². The molecule has 4 aromatic carbocycles. The summed E-state index contributed by atoms with van der Waals surface area (Å²) < 4.78 is 12.1. The third-order valence-corrected chi connectivity index (χ3v) is 4.78. The van der Waals surface area contributed by atoms with Gasteiger partial charge in [-0.1, -0.05) is 11.8 Å². The number of nitrogens with two attached hydrogens (primary N) is 2. The fraction of sp³-hybridized carbons (Fsp3) is 0. The zero-order chi connectivity index (χ0) is 22.8. The minimum absolute atomic E-state index is 0.0435. The molecule has 6 heteroatoms. The van der Waals surface area contributed by atoms with Gasteiger partial charge in [0.15, 0.2) is 0 Å². The predicted octanol–water partition coefficient (Wildman–Crippen LogP) is 4.96. The van der Waals surface area contributed by atoms with Crippen molar-refractivity contribution in [2.24, 2.45) is 0 Å². The molecule has 4 rings (SSSR count). The van der Waals surface area contributed by atoms with Crippen molar-refractivity contribution in [2.45, 2.75) is 0 Å². The fourth-order valence-corrected chi connectivity index (χ4v) is 3.18. The van der Waals surface area contributed by atoms with E-state index in [1.807, 2.05) is 0 Å². The summed E-state index contributed by atoms with van der Waals surface area (Å²) in [6.07, 6.45) is 11.3. The summed E-state index contributed by atoms with van der Waals surface area (Å²) in [5.41, 5.74) is 13.0. The molecule has 156 valence electrons. The highest BCUT2D eigenvalue weighted by molar-refractivity contribution is 5.96. The molecule has 0 aliphatic rings. The Balaban J connectivity index is 1.88. The molecule has 0 atom stereocenters. The van der Waals surface area contributed by atoms with Gasteiger partial charge in [-0.15, -0.1) is 12.8 Å². The molecular weight excluding hydrogens is 404 g/mol. The molecule has 0 aromatic heterocycles. The van der Waals surface area contributed by atoms with E-state index in [0.717, 1.165) is 0 Å². The van der Waals surface area contributed by atoms with Crippen LogP contribution in [0, 0.1) is 24.7 Å². The van der Waals surface area contributed by atoms with Crippen molar-refractivity contribution in [3.63, 3.8) is 0 Å². The van der Waals surface area contributed by atoms with Gasteiger partial charge in [0.1, 0.15) is 34.5 Å². The second-order valence-corrected chi connectivity index (χ2v) is 6.98. The first-order valence-electron chi connectivity index (χ1n) is 9.45. The minimum Gasteiger partial charge on any atom is -0.506 e. The van der Waals surface area contributed by atoms with Crippen molar-refractivity contribution >= 4 is 22.1 Å². The normalized spacial score (nSPS) is 10.3. The van der Waals surface area contributed by atoms with Gasteiger partial charge in [0.2, 0.25) is 0 Å². The van der Waals surface area contributed by atoms with Crippen molar-refractivity contribution in [3.8, 4) is 59.2 Å². The molecule has 0 aliphatic carbocycles. The molecule has 0 bridgehead atoms. The van der Waals surface area contributed by atoms with Crippen molar-refractivity contribution in [2.75, 3.05) is 11.5 Å². The van der Waals surface area contributed by atoms with E-state index >= 15 is 0 Å². The van der Waals surface area contributed by atoms with E-state index in [9.17, 15) is 10.2 Å². The monoisotopic (exact) mass is 422 g/mol. The van der Waals surface area contributed by atoms with Crippen LogP contribution in [0.15, 0.2) is 60.7 Å². The number of phenols is 2. The highest BCUT2D eigenvalue weighted by atomic mass is 16.5. The van der Waals surface area contributed by atoms with Crippen molar-refractivity contribution in [3.05, 3.63) is 71.8 Å². The molecule has 0 aliphatic heterocycles. The first-order valence-corrected chi connectivity index (χ1v) is 9.45. The molecular formula is C26H18N2O4. The molecule has 4 aromatic rings. The summed E-state index contributed by atoms with van der Waals surface area (Å²) in [6, 6.07) is 16.0. The molecule has 0 unspecified atom stereocenters. The number of anilines is 2. The quantitative estimate of drug-likeness (QED) is 0.210. The molecule has 0 saturated carbocycles. The van der Waals surface area contributed by atoms with Crippen LogP contribution >= 0.6 is 0 Å². The van der Waals surface area contributed by atoms with Crippen LogP contribution in [0.4, 0.5) is 11.4 Å². The Kier molecular flexibility index (Phi) is 5.12. The molecule has 0 fully saturated rings. The van der Waals surface area contributed by atoms with Gasteiger partial charge >= 0.3 is 0 Å². The molecule has 0 amide bonds. The standard InChI is InChI=1S/C26H18N2O4/c1-3-15-9-19-20(25(11-15)31-17-5-7-23(29)21(27)13-17)10-16(4-2)12-26(19)32-18-6-8-24(30)22(28)14-18/h1-2,5-14,29-30H,27-28H2. The van der Waals surface area contributed by atoms with Gasteiger partial charge in [0.05, 0.1) is 11.4 Å². The lowest BCUT2D eigenvalue weighted by atomic mass is 10.0. The number of aromatic hydroxyl groups is 2. The molecule has 6 nitrogen and oxygen atoms in total. The predicted molar refractivity (Wildman–Crippen MR) is 125 cm³/mol. The maximum Gasteiger partial charge on any atom is 0.138 e. The SMILES string of the molecule is C#Cc1cc(Oc2ccc(O)c(N)c2)c2cc(C#C)cc(Oc3ccc(O)c(N)c3)c2c1. The number of terminal acetylenes is 2. The number of hydrogen-bond donors (Lipinski definition) is 4. The van der Waals surface area contributed by atoms with Crippen molar-refractivity contribution in [1.82, 2.24) is 0 Å². The minimum atomic E-state index is -0.0435. The van der Waals surface area contributed by atoms with Crippen LogP contribution in [-0.4, -0.2) is 10.2 Å². The van der Waals surface area contributed by atoms with E-state index in [1.165, 1.54) is 24.3 Å². The van der Waals surface area contributed by atoms with Crippen molar-refractivity contribution in [1.29, 1.82) is 0 Å². The molecule has 0 radical (unpaired) electrons. The van der Waals surface area contributed by atoms with Crippen LogP contribution in [0.2, 0.25) is 0 Å². The molecule has 6 N–H and O–H groups in total. The summed E-state index contributed by atoms with van der Waals surface area (Å²) in [7, 11) is 0. The van der Waals surface area contributed by atoms with Gasteiger partial charge in [-0.25, -0.2) is 0 Å². The Morgan fingerprint density at radius 2 is 1.03 bits per heavy atom. The first kappa shape index (κ1) is 20.3. The van der Waals surface area contributed by atoms with Gasteiger partial charge in [-0.05, 0) is 48.5 Å². The topological polar surface area (TPSA) is 111 Å². The zero-order valence-corrected chi connectivity index (χ0v) is 16.8. The maximum absolute atomic E-state index is 9.67. The highest BCUT2D eigenvalue weighted by Crippen LogP contribution is 2.40. The molecule has 0 saturated heterocycles. The summed E-state index contributed by atoms with van der Waals surface area (Å²) in [5, 5.41) is 20.7. The van der Waals surface area contributed by atoms with Crippen LogP contribution in [0.25, 0.3) is 10.8 Å². The lowest BCUT2D eigenvalue weighted by Crippen LogP contribution is -1.94. The average molecular weight is 422 g/mol. The third-order valence-electron chi connectivity index (χ3n) is 4.78. The van der Waals surface area contributed by atoms with Gasteiger partial charge in [-0.3, -0.25) is 0 Å². The zero-order valence-electron chi connectivity index (χ0n) is 16.8. The number of hydrogen-bond acceptors (Lipinski definition) is 6. The Hall–Kier alpha value is -4.94. The van der Waals surface area contributed by atoms with Crippen LogP contribution in [0.3, 0.4) is 0 Å².